The van der Waals surface area contributed by atoms with Crippen LogP contribution in [0, 0.1) is 0 Å². The highest BCUT2D eigenvalue weighted by atomic mass is 35.5. The van der Waals surface area contributed by atoms with Crippen molar-refractivity contribution in [2.24, 2.45) is 0 Å². The molecule has 0 aliphatic rings. The number of halogens is 1. The molecule has 0 aromatic heterocycles. The lowest BCUT2D eigenvalue weighted by atomic mass is 10.3. The number of hydrogen-bond acceptors (Lipinski definition) is 2. The second-order valence-electron chi connectivity index (χ2n) is 1.26. The Morgan fingerprint density at radius 1 is 1.40 bits per heavy atom. The van der Waals surface area contributed by atoms with Crippen LogP contribution in [0.15, 0.2) is 11.6 Å². The number of carbonyl (C=O) groups is 1. The minimum atomic E-state index is -1.09. The SMILES string of the molecule is CC=C(C)C(=O)[O-].[Cl-].[NH4+].[NH4+]. The third kappa shape index (κ3) is 10.4. The van der Waals surface area contributed by atoms with E-state index in [1.165, 1.54) is 13.0 Å². The Bertz CT molecular complexity index is 114. The van der Waals surface area contributed by atoms with E-state index in [1.54, 1.807) is 6.92 Å². The summed E-state index contributed by atoms with van der Waals surface area (Å²) in [6.07, 6.45) is 1.50. The Morgan fingerprint density at radius 3 is 1.70 bits per heavy atom. The van der Waals surface area contributed by atoms with Gasteiger partial charge in [0.25, 0.3) is 0 Å². The molecule has 0 unspecified atom stereocenters. The summed E-state index contributed by atoms with van der Waals surface area (Å²) in [5.41, 5.74) is 0.278. The maximum absolute atomic E-state index is 9.75. The molecule has 64 valence electrons. The quantitative estimate of drug-likeness (QED) is 0.423. The van der Waals surface area contributed by atoms with Gasteiger partial charge in [-0.05, 0) is 19.4 Å². The summed E-state index contributed by atoms with van der Waals surface area (Å²) in [4.78, 5) is 9.75. The zero-order chi connectivity index (χ0) is 5.86. The molecule has 0 aromatic rings. The van der Waals surface area contributed by atoms with Gasteiger partial charge in [-0.3, -0.25) is 0 Å². The van der Waals surface area contributed by atoms with Gasteiger partial charge in [0.15, 0.2) is 0 Å². The average molecular weight is 171 g/mol. The number of rotatable bonds is 1. The van der Waals surface area contributed by atoms with Crippen molar-refractivity contribution in [1.29, 1.82) is 0 Å². The molecule has 10 heavy (non-hydrogen) atoms. The van der Waals surface area contributed by atoms with Crippen molar-refractivity contribution in [2.45, 2.75) is 13.8 Å². The summed E-state index contributed by atoms with van der Waals surface area (Å²) in [7, 11) is 0. The van der Waals surface area contributed by atoms with Crippen molar-refractivity contribution >= 4 is 5.97 Å². The number of hydrogen-bond donors (Lipinski definition) is 2. The van der Waals surface area contributed by atoms with Gasteiger partial charge in [0, 0.05) is 0 Å². The second kappa shape index (κ2) is 11.2. The molecule has 0 aliphatic heterocycles. The van der Waals surface area contributed by atoms with Gasteiger partial charge in [-0.25, -0.2) is 0 Å². The summed E-state index contributed by atoms with van der Waals surface area (Å²) in [5, 5.41) is 9.75. The van der Waals surface area contributed by atoms with E-state index in [9.17, 15) is 9.90 Å². The third-order valence-corrected chi connectivity index (χ3v) is 0.755. The molecule has 0 rings (SSSR count). The first-order valence-corrected chi connectivity index (χ1v) is 2.02. The van der Waals surface area contributed by atoms with E-state index in [1.807, 2.05) is 0 Å². The van der Waals surface area contributed by atoms with E-state index in [-0.39, 0.29) is 30.3 Å². The van der Waals surface area contributed by atoms with Gasteiger partial charge < -0.3 is 34.6 Å². The highest BCUT2D eigenvalue weighted by Gasteiger charge is 1.80. The van der Waals surface area contributed by atoms with Crippen LogP contribution in [0.1, 0.15) is 13.8 Å². The number of carboxylic acid groups (broad SMARTS) is 1. The maximum Gasteiger partial charge on any atom is 0.0668 e. The monoisotopic (exact) mass is 170 g/mol. The smallest absolute Gasteiger partial charge is 0.0668 e. The minimum absolute atomic E-state index is 0. The zero-order valence-electron chi connectivity index (χ0n) is 6.77. The molecule has 0 saturated heterocycles. The number of carboxylic acids is 1. The predicted molar refractivity (Wildman–Crippen MR) is 36.4 cm³/mol. The van der Waals surface area contributed by atoms with Gasteiger partial charge in [0.2, 0.25) is 0 Å². The third-order valence-electron chi connectivity index (χ3n) is 0.755. The first kappa shape index (κ1) is 22.7. The first-order chi connectivity index (χ1) is 3.18. The Kier molecular flexibility index (Phi) is 25.6. The van der Waals surface area contributed by atoms with Crippen LogP contribution in [0.4, 0.5) is 0 Å². The van der Waals surface area contributed by atoms with E-state index in [2.05, 4.69) is 0 Å². The minimum Gasteiger partial charge on any atom is -1.00 e. The van der Waals surface area contributed by atoms with Gasteiger partial charge in [-0.15, -0.1) is 0 Å². The van der Waals surface area contributed by atoms with Crippen LogP contribution in [0.5, 0.6) is 0 Å². The fraction of sp³-hybridized carbons (Fsp3) is 0.400. The van der Waals surface area contributed by atoms with E-state index in [0.717, 1.165) is 0 Å². The number of allylic oxidation sites excluding steroid dienone is 1. The molecule has 0 fully saturated rings. The largest absolute Gasteiger partial charge is 1.00 e. The fourth-order valence-corrected chi connectivity index (χ4v) is 0.118. The maximum atomic E-state index is 9.75. The van der Waals surface area contributed by atoms with Crippen molar-refractivity contribution < 1.29 is 22.3 Å². The standard InChI is InChI=1S/C5H8O2.ClH.2H3N/c1-3-4(2)5(6)7;;;/h3H,1-2H3,(H,6,7);1H;2*1H3. The molecule has 0 spiro atoms. The van der Waals surface area contributed by atoms with Gasteiger partial charge >= 0.3 is 0 Å². The molecule has 0 heterocycles. The van der Waals surface area contributed by atoms with Crippen LogP contribution >= 0.6 is 0 Å². The Labute approximate surface area is 66.9 Å². The van der Waals surface area contributed by atoms with Gasteiger partial charge in [0.05, 0.1) is 5.97 Å². The molecular weight excluding hydrogens is 156 g/mol. The molecule has 0 bridgehead atoms. The lowest BCUT2D eigenvalue weighted by Crippen LogP contribution is -3.00. The summed E-state index contributed by atoms with van der Waals surface area (Å²) >= 11 is 0. The molecular formula is C5H15ClN2O2. The number of aliphatic carboxylic acids is 1. The topological polar surface area (TPSA) is 113 Å². The Hall–Kier alpha value is -0.580. The molecule has 4 nitrogen and oxygen atoms in total. The Morgan fingerprint density at radius 2 is 1.70 bits per heavy atom. The van der Waals surface area contributed by atoms with Crippen LogP contribution in [-0.4, -0.2) is 5.97 Å². The summed E-state index contributed by atoms with van der Waals surface area (Å²) in [5.74, 6) is -1.09. The van der Waals surface area contributed by atoms with Crippen LogP contribution in [0.2, 0.25) is 0 Å². The first-order valence-electron chi connectivity index (χ1n) is 2.02. The van der Waals surface area contributed by atoms with Gasteiger partial charge in [-0.2, -0.15) is 0 Å². The van der Waals surface area contributed by atoms with E-state index in [0.29, 0.717) is 0 Å². The average Bonchev–Trinajstić information content (AvgIpc) is 1.65. The van der Waals surface area contributed by atoms with Crippen molar-refractivity contribution in [3.8, 4) is 0 Å². The predicted octanol–water partition coefficient (Wildman–Crippen LogP) is -2.54. The molecule has 5 heteroatoms. The van der Waals surface area contributed by atoms with E-state index >= 15 is 0 Å². The van der Waals surface area contributed by atoms with Crippen LogP contribution in [0.3, 0.4) is 0 Å². The summed E-state index contributed by atoms with van der Waals surface area (Å²) < 4.78 is 0. The van der Waals surface area contributed by atoms with Crippen molar-refractivity contribution in [3.63, 3.8) is 0 Å². The van der Waals surface area contributed by atoms with Gasteiger partial charge in [0.1, 0.15) is 0 Å². The van der Waals surface area contributed by atoms with Crippen molar-refractivity contribution in [2.75, 3.05) is 0 Å². The highest BCUT2D eigenvalue weighted by Crippen LogP contribution is 1.85. The van der Waals surface area contributed by atoms with Crippen LogP contribution in [-0.2, 0) is 4.79 Å². The molecule has 0 aromatic carbocycles. The lowest BCUT2D eigenvalue weighted by Gasteiger charge is -1.96. The summed E-state index contributed by atoms with van der Waals surface area (Å²) in [6.45, 7) is 3.15. The fourth-order valence-electron chi connectivity index (χ4n) is 0.118. The van der Waals surface area contributed by atoms with E-state index < -0.39 is 5.97 Å². The highest BCUT2D eigenvalue weighted by molar-refractivity contribution is 5.83. The molecule has 0 saturated carbocycles. The Balaban J connectivity index is -0.0000000600. The second-order valence-corrected chi connectivity index (χ2v) is 1.26. The number of quaternary nitrogens is 2. The molecule has 0 aliphatic carbocycles. The zero-order valence-corrected chi connectivity index (χ0v) is 7.53. The van der Waals surface area contributed by atoms with Crippen molar-refractivity contribution in [1.82, 2.24) is 12.3 Å². The van der Waals surface area contributed by atoms with Crippen LogP contribution < -0.4 is 29.8 Å². The van der Waals surface area contributed by atoms with E-state index in [4.69, 9.17) is 0 Å². The number of carbonyl (C=O) groups excluding carboxylic acids is 1. The normalized spacial score (nSPS) is 8.00. The molecule has 0 atom stereocenters. The lowest BCUT2D eigenvalue weighted by molar-refractivity contribution is -0.299. The van der Waals surface area contributed by atoms with Crippen LogP contribution in [0.25, 0.3) is 0 Å². The summed E-state index contributed by atoms with van der Waals surface area (Å²) in [6, 6.07) is 0. The molecule has 0 radical (unpaired) electrons. The van der Waals surface area contributed by atoms with Gasteiger partial charge in [-0.1, -0.05) is 6.08 Å². The molecule has 8 N–H and O–H groups in total. The molecule has 0 amide bonds. The van der Waals surface area contributed by atoms with Crippen molar-refractivity contribution in [3.05, 3.63) is 11.6 Å².